The molecule has 6 aromatic carbocycles. The molecular weight excluding hydrogens is 805 g/mol. The predicted molar refractivity (Wildman–Crippen MR) is 245 cm³/mol. The molecule has 0 spiro atoms. The lowest BCUT2D eigenvalue weighted by atomic mass is 9.55. The lowest BCUT2D eigenvalue weighted by Crippen LogP contribution is -2.64. The van der Waals surface area contributed by atoms with Gasteiger partial charge in [-0.1, -0.05) is 121 Å². The average Bonchev–Trinajstić information content (AvgIpc) is 3.30. The van der Waals surface area contributed by atoms with Gasteiger partial charge in [0.25, 0.3) is 0 Å². The number of carbonyl (C=O) groups excluding carboxylic acids is 2. The predicted octanol–water partition coefficient (Wildman–Crippen LogP) is 10.3. The van der Waals surface area contributed by atoms with Crippen molar-refractivity contribution < 1.29 is 38.9 Å². The molecular formula is C54H54N2O8. The molecule has 64 heavy (non-hydrogen) atoms. The number of aliphatic carboxylic acids is 2. The second kappa shape index (κ2) is 22.2. The maximum absolute atomic E-state index is 14.7. The first-order valence-corrected chi connectivity index (χ1v) is 22.0. The molecule has 1 aliphatic carbocycles. The Labute approximate surface area is 374 Å². The number of benzene rings is 6. The van der Waals surface area contributed by atoms with Gasteiger partial charge in [-0.05, 0) is 109 Å². The molecule has 1 saturated carbocycles. The van der Waals surface area contributed by atoms with Gasteiger partial charge in [0.05, 0.1) is 23.7 Å². The summed E-state index contributed by atoms with van der Waals surface area (Å²) in [5.41, 5.74) is 3.86. The van der Waals surface area contributed by atoms with Crippen molar-refractivity contribution in [1.29, 1.82) is 0 Å². The Morgan fingerprint density at radius 2 is 0.688 bits per heavy atom. The van der Waals surface area contributed by atoms with Gasteiger partial charge in [0.2, 0.25) is 11.8 Å². The Hall–Kier alpha value is -7.20. The molecule has 2 N–H and O–H groups in total. The molecule has 6 aromatic rings. The molecule has 0 saturated heterocycles. The Bertz CT molecular complexity index is 2230. The molecule has 7 rings (SSSR count). The second-order valence-electron chi connectivity index (χ2n) is 16.3. The third kappa shape index (κ3) is 12.0. The van der Waals surface area contributed by atoms with Crippen molar-refractivity contribution in [3.8, 4) is 23.0 Å². The molecule has 0 aliphatic heterocycles. The van der Waals surface area contributed by atoms with Gasteiger partial charge in [0, 0.05) is 26.2 Å². The van der Waals surface area contributed by atoms with Gasteiger partial charge in [-0.15, -0.1) is 0 Å². The van der Waals surface area contributed by atoms with E-state index in [1.165, 1.54) is 0 Å². The van der Waals surface area contributed by atoms with Crippen LogP contribution in [0.4, 0.5) is 0 Å². The molecule has 2 amide bonds. The van der Waals surface area contributed by atoms with E-state index >= 15 is 0 Å². The van der Waals surface area contributed by atoms with E-state index in [1.807, 2.05) is 146 Å². The van der Waals surface area contributed by atoms with Gasteiger partial charge in [-0.2, -0.15) is 0 Å². The van der Waals surface area contributed by atoms with E-state index in [0.29, 0.717) is 35.8 Å². The third-order valence-corrected chi connectivity index (χ3v) is 11.8. The summed E-state index contributed by atoms with van der Waals surface area (Å²) in [6.07, 6.45) is 4.29. The quantitative estimate of drug-likeness (QED) is 0.0645. The fourth-order valence-electron chi connectivity index (χ4n) is 8.50. The normalized spacial score (nSPS) is 16.5. The van der Waals surface area contributed by atoms with Gasteiger partial charge in [-0.3, -0.25) is 19.2 Å². The monoisotopic (exact) mass is 858 g/mol. The highest BCUT2D eigenvalue weighted by atomic mass is 16.5. The number of nitrogens with zero attached hydrogens (tertiary/aromatic N) is 2. The van der Waals surface area contributed by atoms with E-state index in [2.05, 4.69) is 0 Å². The molecule has 0 radical (unpaired) electrons. The number of para-hydroxylation sites is 2. The molecule has 328 valence electrons. The minimum atomic E-state index is -1.52. The van der Waals surface area contributed by atoms with Gasteiger partial charge >= 0.3 is 11.9 Å². The topological polar surface area (TPSA) is 134 Å². The maximum Gasteiger partial charge on any atom is 0.308 e. The van der Waals surface area contributed by atoms with E-state index in [0.717, 1.165) is 47.9 Å². The summed E-state index contributed by atoms with van der Waals surface area (Å²) >= 11 is 0. The molecule has 0 unspecified atom stereocenters. The molecule has 0 aromatic heterocycles. The van der Waals surface area contributed by atoms with E-state index < -0.39 is 47.4 Å². The number of ether oxygens (including phenoxy) is 2. The summed E-state index contributed by atoms with van der Waals surface area (Å²) < 4.78 is 11.9. The summed E-state index contributed by atoms with van der Waals surface area (Å²) in [4.78, 5) is 58.9. The fraction of sp³-hybridized carbons (Fsp3) is 0.259. The van der Waals surface area contributed by atoms with E-state index in [4.69, 9.17) is 9.47 Å². The van der Waals surface area contributed by atoms with E-state index in [9.17, 15) is 29.4 Å². The smallest absolute Gasteiger partial charge is 0.308 e. The highest BCUT2D eigenvalue weighted by molar-refractivity contribution is 5.99. The van der Waals surface area contributed by atoms with Crippen LogP contribution in [0.15, 0.2) is 170 Å². The van der Waals surface area contributed by atoms with Crippen LogP contribution in [-0.2, 0) is 45.1 Å². The number of carbonyl (C=O) groups is 4. The number of amides is 2. The molecule has 1 aliphatic rings. The van der Waals surface area contributed by atoms with Crippen molar-refractivity contribution in [2.75, 3.05) is 13.1 Å². The Morgan fingerprint density at radius 1 is 0.375 bits per heavy atom. The minimum absolute atomic E-state index is 0.126. The third-order valence-electron chi connectivity index (χ3n) is 11.8. The first kappa shape index (κ1) is 44.8. The molecule has 0 atom stereocenters. The first-order valence-electron chi connectivity index (χ1n) is 22.0. The largest absolute Gasteiger partial charge is 0.481 e. The molecule has 0 bridgehead atoms. The average molecular weight is 859 g/mol. The summed E-state index contributed by atoms with van der Waals surface area (Å²) in [5, 5.41) is 21.5. The number of carboxylic acid groups (broad SMARTS) is 2. The summed E-state index contributed by atoms with van der Waals surface area (Å²) in [5.74, 6) is -7.27. The van der Waals surface area contributed by atoms with Crippen molar-refractivity contribution in [2.45, 2.75) is 51.6 Å². The Kier molecular flexibility index (Phi) is 15.6. The molecule has 10 heteroatoms. The van der Waals surface area contributed by atoms with Crippen LogP contribution in [0.1, 0.15) is 47.9 Å². The van der Waals surface area contributed by atoms with Gasteiger partial charge < -0.3 is 29.5 Å². The van der Waals surface area contributed by atoms with Gasteiger partial charge in [0.15, 0.2) is 0 Å². The zero-order valence-electron chi connectivity index (χ0n) is 35.8. The van der Waals surface area contributed by atoms with Crippen LogP contribution in [0.25, 0.3) is 0 Å². The molecule has 10 nitrogen and oxygen atoms in total. The van der Waals surface area contributed by atoms with Crippen molar-refractivity contribution >= 4 is 23.8 Å². The summed E-state index contributed by atoms with van der Waals surface area (Å²) in [7, 11) is 0. The van der Waals surface area contributed by atoms with Gasteiger partial charge in [0.1, 0.15) is 23.0 Å². The fourth-order valence-corrected chi connectivity index (χ4v) is 8.50. The van der Waals surface area contributed by atoms with Crippen LogP contribution >= 0.6 is 0 Å². The lowest BCUT2D eigenvalue weighted by molar-refractivity contribution is -0.187. The van der Waals surface area contributed by atoms with E-state index in [-0.39, 0.29) is 26.2 Å². The Morgan fingerprint density at radius 3 is 1.02 bits per heavy atom. The van der Waals surface area contributed by atoms with Crippen LogP contribution in [0, 0.1) is 23.7 Å². The van der Waals surface area contributed by atoms with Crippen molar-refractivity contribution in [3.63, 3.8) is 0 Å². The highest BCUT2D eigenvalue weighted by Crippen LogP contribution is 2.49. The van der Waals surface area contributed by atoms with Crippen LogP contribution in [0.3, 0.4) is 0 Å². The lowest BCUT2D eigenvalue weighted by Gasteiger charge is -2.48. The SMILES string of the molecule is O=C(O)C1C(C(=O)N(CCCCc2ccccc2)Cc2ccc(Oc3ccccc3)cc2)C(C(=O)O)C1C(=O)N(CCCCc1ccccc1)Cc1ccc(Oc2ccccc2)cc1. The number of hydrogen-bond acceptors (Lipinski definition) is 6. The number of hydrogen-bond donors (Lipinski definition) is 2. The van der Waals surface area contributed by atoms with Crippen molar-refractivity contribution in [3.05, 3.63) is 192 Å². The molecule has 0 heterocycles. The highest BCUT2D eigenvalue weighted by Gasteiger charge is 2.64. The second-order valence-corrected chi connectivity index (χ2v) is 16.3. The van der Waals surface area contributed by atoms with Crippen LogP contribution in [0.2, 0.25) is 0 Å². The maximum atomic E-state index is 14.7. The zero-order valence-corrected chi connectivity index (χ0v) is 35.8. The van der Waals surface area contributed by atoms with Crippen molar-refractivity contribution in [1.82, 2.24) is 9.80 Å². The Balaban J connectivity index is 1.10. The summed E-state index contributed by atoms with van der Waals surface area (Å²) in [6.45, 7) is 0.806. The van der Waals surface area contributed by atoms with Crippen molar-refractivity contribution in [2.24, 2.45) is 23.7 Å². The van der Waals surface area contributed by atoms with E-state index in [1.54, 1.807) is 34.1 Å². The van der Waals surface area contributed by atoms with Crippen LogP contribution < -0.4 is 9.47 Å². The standard InChI is InChI=1S/C54H54N2O8/c57-51(55(35-15-13-21-39-17-5-1-6-18-39)37-41-27-31-45(32-28-41)63-43-23-9-3-10-24-43)47-49(53(59)60)48(50(47)54(61)62)52(58)56(36-16-14-22-40-19-7-2-8-20-40)38-42-29-33-46(34-30-42)64-44-25-11-4-12-26-44/h1-12,17-20,23-34,47-50H,13-16,21-22,35-38H2,(H,59,60)(H,61,62). The molecule has 1 fully saturated rings. The summed E-state index contributed by atoms with van der Waals surface area (Å²) in [6, 6.07) is 53.3. The number of carboxylic acids is 2. The minimum Gasteiger partial charge on any atom is -0.481 e. The zero-order chi connectivity index (χ0) is 44.7. The first-order chi connectivity index (χ1) is 31.2. The van der Waals surface area contributed by atoms with Gasteiger partial charge in [-0.25, -0.2) is 0 Å². The number of aryl methyl sites for hydroxylation is 2. The van der Waals surface area contributed by atoms with Crippen LogP contribution in [0.5, 0.6) is 23.0 Å². The number of rotatable bonds is 22. The number of unbranched alkanes of at least 4 members (excludes halogenated alkanes) is 2. The van der Waals surface area contributed by atoms with Crippen LogP contribution in [-0.4, -0.2) is 56.9 Å².